The molecule has 0 nitrogen and oxygen atoms in total. The Morgan fingerprint density at radius 3 is 1.95 bits per heavy atom. The van der Waals surface area contributed by atoms with E-state index in [0.717, 1.165) is 0 Å². The van der Waals surface area contributed by atoms with Gasteiger partial charge in [0.15, 0.2) is 0 Å². The van der Waals surface area contributed by atoms with Gasteiger partial charge >= 0.3 is 0 Å². The van der Waals surface area contributed by atoms with Crippen molar-refractivity contribution in [3.05, 3.63) is 22.8 Å². The van der Waals surface area contributed by atoms with E-state index in [1.807, 2.05) is 27.7 Å². The summed E-state index contributed by atoms with van der Waals surface area (Å²) < 4.78 is 0. The molecule has 1 unspecified atom stereocenters. The van der Waals surface area contributed by atoms with Gasteiger partial charge in [-0.2, -0.15) is 0 Å². The minimum atomic E-state index is 0.597. The van der Waals surface area contributed by atoms with Gasteiger partial charge in [0, 0.05) is 0 Å². The molecule has 120 valence electrons. The highest BCUT2D eigenvalue weighted by molar-refractivity contribution is 5.39. The molecular weight excluding hydrogens is 240 g/mol. The lowest BCUT2D eigenvalue weighted by molar-refractivity contribution is 0.262. The second-order valence-corrected chi connectivity index (χ2v) is 5.36. The number of allylic oxidation sites excluding steroid dienone is 4. The normalized spacial score (nSPS) is 21.9. The van der Waals surface area contributed by atoms with Crippen molar-refractivity contribution in [3.8, 4) is 0 Å². The predicted molar refractivity (Wildman–Crippen MR) is 96.3 cm³/mol. The van der Waals surface area contributed by atoms with Crippen molar-refractivity contribution >= 4 is 0 Å². The molecule has 0 aliphatic heterocycles. The first-order valence-corrected chi connectivity index (χ1v) is 8.96. The van der Waals surface area contributed by atoms with Gasteiger partial charge in [0.05, 0.1) is 0 Å². The molecule has 0 saturated carbocycles. The first-order valence-electron chi connectivity index (χ1n) is 8.96. The Kier molecular flexibility index (Phi) is 13.3. The van der Waals surface area contributed by atoms with Gasteiger partial charge in [-0.15, -0.1) is 0 Å². The predicted octanol–water partition coefficient (Wildman–Crippen LogP) is 7.70. The molecule has 1 atom stereocenters. The smallest absolute Gasteiger partial charge is 0.0217 e. The van der Waals surface area contributed by atoms with Crippen molar-refractivity contribution in [1.29, 1.82) is 0 Å². The molecule has 20 heavy (non-hydrogen) atoms. The van der Waals surface area contributed by atoms with E-state index in [4.69, 9.17) is 0 Å². The summed E-state index contributed by atoms with van der Waals surface area (Å²) in [6, 6.07) is 0. The zero-order chi connectivity index (χ0) is 16.2. The Hall–Kier alpha value is -0.520. The van der Waals surface area contributed by atoms with Crippen LogP contribution in [0, 0.1) is 5.41 Å². The maximum Gasteiger partial charge on any atom is -0.0217 e. The van der Waals surface area contributed by atoms with Crippen LogP contribution in [0.1, 0.15) is 101 Å². The van der Waals surface area contributed by atoms with Gasteiger partial charge in [0.1, 0.15) is 0 Å². The third kappa shape index (κ3) is 5.85. The molecule has 0 saturated heterocycles. The second-order valence-electron chi connectivity index (χ2n) is 5.36. The second kappa shape index (κ2) is 12.2. The summed E-state index contributed by atoms with van der Waals surface area (Å²) >= 11 is 0. The van der Waals surface area contributed by atoms with Crippen molar-refractivity contribution in [3.63, 3.8) is 0 Å². The lowest BCUT2D eigenvalue weighted by atomic mass is 9.77. The standard InChI is InChI=1S/C16H28.2C2H6/c1-6-10-16(9-4)11-14(8-3)15(12-16)13(5)7-2;2*1-2/h7H,6,8-12H2,1-5H3;2*1-2H3/b13-7-;;. The minimum Gasteiger partial charge on any atom is -0.0844 e. The van der Waals surface area contributed by atoms with Crippen molar-refractivity contribution in [1.82, 2.24) is 0 Å². The Balaban J connectivity index is 0. The van der Waals surface area contributed by atoms with Crippen LogP contribution in [0.15, 0.2) is 22.8 Å². The zero-order valence-corrected chi connectivity index (χ0v) is 15.8. The highest BCUT2D eigenvalue weighted by Crippen LogP contribution is 2.50. The highest BCUT2D eigenvalue weighted by atomic mass is 14.4. The van der Waals surface area contributed by atoms with Crippen molar-refractivity contribution in [2.75, 3.05) is 0 Å². The average Bonchev–Trinajstić information content (AvgIpc) is 2.90. The van der Waals surface area contributed by atoms with Crippen molar-refractivity contribution in [2.45, 2.75) is 101 Å². The highest BCUT2D eigenvalue weighted by Gasteiger charge is 2.35. The van der Waals surface area contributed by atoms with Crippen LogP contribution in [0.3, 0.4) is 0 Å². The van der Waals surface area contributed by atoms with Crippen LogP contribution in [-0.4, -0.2) is 0 Å². The Morgan fingerprint density at radius 2 is 1.60 bits per heavy atom. The van der Waals surface area contributed by atoms with Gasteiger partial charge in [-0.3, -0.25) is 0 Å². The summed E-state index contributed by atoms with van der Waals surface area (Å²) in [7, 11) is 0. The van der Waals surface area contributed by atoms with Crippen LogP contribution < -0.4 is 0 Å². The topological polar surface area (TPSA) is 0 Å². The molecule has 0 amide bonds. The molecule has 0 bridgehead atoms. The lowest BCUT2D eigenvalue weighted by Gasteiger charge is -2.28. The molecule has 1 aliphatic rings. The quantitative estimate of drug-likeness (QED) is 0.484. The van der Waals surface area contributed by atoms with E-state index in [1.54, 1.807) is 11.1 Å². The van der Waals surface area contributed by atoms with E-state index in [0.29, 0.717) is 5.41 Å². The number of rotatable bonds is 5. The van der Waals surface area contributed by atoms with Crippen molar-refractivity contribution < 1.29 is 0 Å². The number of hydrogen-bond acceptors (Lipinski definition) is 0. The van der Waals surface area contributed by atoms with Gasteiger partial charge in [0.2, 0.25) is 0 Å². The van der Waals surface area contributed by atoms with E-state index >= 15 is 0 Å². The molecule has 1 rings (SSSR count). The molecular formula is C20H40. The van der Waals surface area contributed by atoms with Gasteiger partial charge in [-0.1, -0.05) is 72.1 Å². The lowest BCUT2D eigenvalue weighted by Crippen LogP contribution is -2.16. The van der Waals surface area contributed by atoms with E-state index in [-0.39, 0.29) is 0 Å². The van der Waals surface area contributed by atoms with Gasteiger partial charge in [0.25, 0.3) is 0 Å². The molecule has 0 aromatic heterocycles. The number of hydrogen-bond donors (Lipinski definition) is 0. The van der Waals surface area contributed by atoms with Crippen LogP contribution in [0.25, 0.3) is 0 Å². The fourth-order valence-electron chi connectivity index (χ4n) is 3.19. The third-order valence-electron chi connectivity index (χ3n) is 4.43. The van der Waals surface area contributed by atoms with Crippen LogP contribution in [0.5, 0.6) is 0 Å². The summed E-state index contributed by atoms with van der Waals surface area (Å²) in [4.78, 5) is 0. The molecule has 0 fully saturated rings. The van der Waals surface area contributed by atoms with Gasteiger partial charge in [-0.05, 0) is 56.9 Å². The van der Waals surface area contributed by atoms with Crippen LogP contribution in [0.4, 0.5) is 0 Å². The summed E-state index contributed by atoms with van der Waals surface area (Å²) in [5, 5.41) is 0. The van der Waals surface area contributed by atoms with Crippen molar-refractivity contribution in [2.24, 2.45) is 5.41 Å². The Morgan fingerprint density at radius 1 is 1.05 bits per heavy atom. The fourth-order valence-corrected chi connectivity index (χ4v) is 3.19. The first kappa shape index (κ1) is 21.8. The van der Waals surface area contributed by atoms with E-state index in [9.17, 15) is 0 Å². The average molecular weight is 281 g/mol. The monoisotopic (exact) mass is 280 g/mol. The molecule has 0 radical (unpaired) electrons. The molecule has 1 aliphatic carbocycles. The summed E-state index contributed by atoms with van der Waals surface area (Å²) in [5.41, 5.74) is 5.52. The zero-order valence-electron chi connectivity index (χ0n) is 15.8. The maximum atomic E-state index is 2.37. The van der Waals surface area contributed by atoms with Crippen LogP contribution in [0.2, 0.25) is 0 Å². The Labute approximate surface area is 129 Å². The molecule has 0 heterocycles. The SMILES string of the molecule is C/C=C(/C)C1=C(CC)CC(CC)(CCC)C1.CC.CC. The molecule has 0 heteroatoms. The summed E-state index contributed by atoms with van der Waals surface area (Å²) in [6.45, 7) is 19.5. The van der Waals surface area contributed by atoms with Gasteiger partial charge in [-0.25, -0.2) is 0 Å². The van der Waals surface area contributed by atoms with E-state index < -0.39 is 0 Å². The summed E-state index contributed by atoms with van der Waals surface area (Å²) in [5.74, 6) is 0. The first-order chi connectivity index (χ1) is 9.62. The summed E-state index contributed by atoms with van der Waals surface area (Å²) in [6.07, 6.45) is 10.3. The molecule has 0 aromatic rings. The fraction of sp³-hybridized carbons (Fsp3) is 0.800. The largest absolute Gasteiger partial charge is 0.0844 e. The Bertz CT molecular complexity index is 293. The minimum absolute atomic E-state index is 0.597. The van der Waals surface area contributed by atoms with Crippen LogP contribution in [-0.2, 0) is 0 Å². The molecule has 0 aromatic carbocycles. The molecule has 0 N–H and O–H groups in total. The van der Waals surface area contributed by atoms with E-state index in [2.05, 4.69) is 40.7 Å². The van der Waals surface area contributed by atoms with E-state index in [1.165, 1.54) is 44.1 Å². The third-order valence-corrected chi connectivity index (χ3v) is 4.43. The molecule has 0 spiro atoms. The maximum absolute atomic E-state index is 2.37. The van der Waals surface area contributed by atoms with Gasteiger partial charge < -0.3 is 0 Å². The van der Waals surface area contributed by atoms with Crippen LogP contribution >= 0.6 is 0 Å².